The first-order valence-corrected chi connectivity index (χ1v) is 7.26. The molecule has 0 spiro atoms. The maximum atomic E-state index is 11.5. The number of methoxy groups -OCH3 is 1. The van der Waals surface area contributed by atoms with Crippen molar-refractivity contribution in [3.05, 3.63) is 77.4 Å². The Kier molecular flexibility index (Phi) is 4.11. The van der Waals surface area contributed by atoms with Crippen molar-refractivity contribution >= 4 is 28.9 Å². The van der Waals surface area contributed by atoms with Crippen LogP contribution in [-0.4, -0.2) is 18.2 Å². The molecular weight excluding hydrogens is 288 g/mol. The van der Waals surface area contributed by atoms with E-state index in [2.05, 4.69) is 24.3 Å². The zero-order valence-electron chi connectivity index (χ0n) is 12.7. The molecule has 3 aromatic rings. The molecule has 3 nitrogen and oxygen atoms in total. The summed E-state index contributed by atoms with van der Waals surface area (Å²) in [5.74, 6) is -0.640. The minimum Gasteiger partial charge on any atom is -0.496 e. The molecule has 0 radical (unpaired) electrons. The summed E-state index contributed by atoms with van der Waals surface area (Å²) in [6.45, 7) is 0. The van der Waals surface area contributed by atoms with E-state index in [1.165, 1.54) is 12.5 Å². The Morgan fingerprint density at radius 1 is 0.957 bits per heavy atom. The molecule has 0 saturated carbocycles. The molecule has 0 fully saturated rings. The summed E-state index contributed by atoms with van der Waals surface area (Å²) in [6.07, 6.45) is 3.71. The highest BCUT2D eigenvalue weighted by Gasteiger charge is 2.14. The molecule has 0 aliphatic carbocycles. The lowest BCUT2D eigenvalue weighted by Gasteiger charge is -2.07. The number of benzene rings is 3. The van der Waals surface area contributed by atoms with E-state index in [1.54, 1.807) is 24.3 Å². The Morgan fingerprint density at radius 2 is 1.74 bits per heavy atom. The number of aromatic carboxylic acids is 1. The van der Waals surface area contributed by atoms with Gasteiger partial charge in [-0.25, -0.2) is 4.79 Å². The van der Waals surface area contributed by atoms with Gasteiger partial charge in [-0.3, -0.25) is 0 Å². The molecule has 3 aromatic carbocycles. The number of carbonyl (C=O) groups is 1. The summed E-state index contributed by atoms with van der Waals surface area (Å²) in [7, 11) is 1.47. The fourth-order valence-corrected chi connectivity index (χ4v) is 2.58. The summed E-state index contributed by atoms with van der Waals surface area (Å²) < 4.78 is 5.14. The van der Waals surface area contributed by atoms with Crippen LogP contribution in [0.5, 0.6) is 5.75 Å². The molecule has 0 unspecified atom stereocenters. The molecular formula is C20H16O3. The van der Waals surface area contributed by atoms with Crippen LogP contribution >= 0.6 is 0 Å². The van der Waals surface area contributed by atoms with Crippen molar-refractivity contribution in [3.63, 3.8) is 0 Å². The standard InChI is InChI=1S/C20H16O3/c1-23-18-8-4-7-16(19(18)20(21)22)12-10-14-9-11-15-5-2-3-6-17(15)13-14/h2-13H,1H3,(H,21,22). The van der Waals surface area contributed by atoms with Gasteiger partial charge in [0.05, 0.1) is 7.11 Å². The Balaban J connectivity index is 2.00. The normalized spacial score (nSPS) is 11.0. The molecule has 0 aliphatic heterocycles. The van der Waals surface area contributed by atoms with Gasteiger partial charge in [-0.2, -0.15) is 0 Å². The van der Waals surface area contributed by atoms with E-state index in [0.717, 1.165) is 10.9 Å². The Hall–Kier alpha value is -3.07. The number of carboxylic acid groups (broad SMARTS) is 1. The summed E-state index contributed by atoms with van der Waals surface area (Å²) in [5, 5.41) is 11.7. The van der Waals surface area contributed by atoms with Crippen LogP contribution in [0.15, 0.2) is 60.7 Å². The van der Waals surface area contributed by atoms with Gasteiger partial charge < -0.3 is 9.84 Å². The highest BCUT2D eigenvalue weighted by Crippen LogP contribution is 2.24. The second-order valence-corrected chi connectivity index (χ2v) is 5.17. The SMILES string of the molecule is COc1cccc(C=Cc2ccc3ccccc3c2)c1C(=O)O. The van der Waals surface area contributed by atoms with E-state index in [0.29, 0.717) is 11.3 Å². The maximum Gasteiger partial charge on any atom is 0.340 e. The van der Waals surface area contributed by atoms with Crippen LogP contribution in [0.25, 0.3) is 22.9 Å². The van der Waals surface area contributed by atoms with Gasteiger partial charge in [0.15, 0.2) is 0 Å². The number of ether oxygens (including phenoxy) is 1. The second-order valence-electron chi connectivity index (χ2n) is 5.17. The van der Waals surface area contributed by atoms with Gasteiger partial charge in [0.25, 0.3) is 0 Å². The van der Waals surface area contributed by atoms with Gasteiger partial charge in [0, 0.05) is 0 Å². The summed E-state index contributed by atoms with van der Waals surface area (Å²) in [5.41, 5.74) is 1.81. The molecule has 0 atom stereocenters. The molecule has 3 heteroatoms. The van der Waals surface area contributed by atoms with Crippen molar-refractivity contribution in [2.75, 3.05) is 7.11 Å². The quantitative estimate of drug-likeness (QED) is 0.710. The first-order valence-electron chi connectivity index (χ1n) is 7.26. The largest absolute Gasteiger partial charge is 0.496 e. The Bertz CT molecular complexity index is 894. The maximum absolute atomic E-state index is 11.5. The molecule has 0 aromatic heterocycles. The van der Waals surface area contributed by atoms with Crippen LogP contribution in [0.1, 0.15) is 21.5 Å². The van der Waals surface area contributed by atoms with Crippen molar-refractivity contribution in [2.45, 2.75) is 0 Å². The van der Waals surface area contributed by atoms with E-state index in [-0.39, 0.29) is 5.56 Å². The molecule has 3 rings (SSSR count). The first-order chi connectivity index (χ1) is 11.2. The average molecular weight is 304 g/mol. The van der Waals surface area contributed by atoms with Gasteiger partial charge in [0.1, 0.15) is 11.3 Å². The van der Waals surface area contributed by atoms with Crippen LogP contribution < -0.4 is 4.74 Å². The van der Waals surface area contributed by atoms with Crippen LogP contribution in [-0.2, 0) is 0 Å². The third-order valence-electron chi connectivity index (χ3n) is 3.72. The fourth-order valence-electron chi connectivity index (χ4n) is 2.58. The van der Waals surface area contributed by atoms with E-state index in [1.807, 2.05) is 24.3 Å². The summed E-state index contributed by atoms with van der Waals surface area (Å²) >= 11 is 0. The van der Waals surface area contributed by atoms with Crippen LogP contribution in [0.4, 0.5) is 0 Å². The van der Waals surface area contributed by atoms with Crippen molar-refractivity contribution in [1.29, 1.82) is 0 Å². The van der Waals surface area contributed by atoms with Crippen molar-refractivity contribution in [1.82, 2.24) is 0 Å². The van der Waals surface area contributed by atoms with Crippen LogP contribution in [0.3, 0.4) is 0 Å². The van der Waals surface area contributed by atoms with Crippen LogP contribution in [0, 0.1) is 0 Å². The van der Waals surface area contributed by atoms with E-state index in [4.69, 9.17) is 4.74 Å². The van der Waals surface area contributed by atoms with E-state index in [9.17, 15) is 9.90 Å². The highest BCUT2D eigenvalue weighted by molar-refractivity contribution is 5.96. The van der Waals surface area contributed by atoms with Crippen molar-refractivity contribution in [2.24, 2.45) is 0 Å². The summed E-state index contributed by atoms with van der Waals surface area (Å²) in [6, 6.07) is 19.5. The number of rotatable bonds is 4. The number of hydrogen-bond donors (Lipinski definition) is 1. The topological polar surface area (TPSA) is 46.5 Å². The molecule has 0 saturated heterocycles. The molecule has 0 aliphatic rings. The minimum atomic E-state index is -0.999. The number of hydrogen-bond acceptors (Lipinski definition) is 2. The zero-order chi connectivity index (χ0) is 16.2. The van der Waals surface area contributed by atoms with Gasteiger partial charge in [-0.1, -0.05) is 60.7 Å². The number of fused-ring (bicyclic) bond motifs is 1. The fraction of sp³-hybridized carbons (Fsp3) is 0.0500. The molecule has 23 heavy (non-hydrogen) atoms. The lowest BCUT2D eigenvalue weighted by Crippen LogP contribution is -2.02. The zero-order valence-corrected chi connectivity index (χ0v) is 12.7. The molecule has 114 valence electrons. The summed E-state index contributed by atoms with van der Waals surface area (Å²) in [4.78, 5) is 11.5. The second kappa shape index (κ2) is 6.36. The predicted molar refractivity (Wildman–Crippen MR) is 92.8 cm³/mol. The lowest BCUT2D eigenvalue weighted by atomic mass is 10.0. The highest BCUT2D eigenvalue weighted by atomic mass is 16.5. The predicted octanol–water partition coefficient (Wildman–Crippen LogP) is 4.72. The average Bonchev–Trinajstić information content (AvgIpc) is 2.59. The minimum absolute atomic E-state index is 0.173. The molecule has 0 amide bonds. The van der Waals surface area contributed by atoms with Gasteiger partial charge in [0.2, 0.25) is 0 Å². The molecule has 1 N–H and O–H groups in total. The van der Waals surface area contributed by atoms with E-state index >= 15 is 0 Å². The van der Waals surface area contributed by atoms with Gasteiger partial charge in [-0.15, -0.1) is 0 Å². The van der Waals surface area contributed by atoms with Crippen molar-refractivity contribution in [3.8, 4) is 5.75 Å². The van der Waals surface area contributed by atoms with Crippen LogP contribution in [0.2, 0.25) is 0 Å². The monoisotopic (exact) mass is 304 g/mol. The van der Waals surface area contributed by atoms with E-state index < -0.39 is 5.97 Å². The lowest BCUT2D eigenvalue weighted by molar-refractivity contribution is 0.0693. The van der Waals surface area contributed by atoms with Crippen molar-refractivity contribution < 1.29 is 14.6 Å². The molecule has 0 heterocycles. The first kappa shape index (κ1) is 14.9. The Labute approximate surface area is 134 Å². The van der Waals surface area contributed by atoms with Gasteiger partial charge in [-0.05, 0) is 34.0 Å². The third kappa shape index (κ3) is 3.09. The number of carboxylic acids is 1. The third-order valence-corrected chi connectivity index (χ3v) is 3.72. The van der Waals surface area contributed by atoms with Gasteiger partial charge >= 0.3 is 5.97 Å². The molecule has 0 bridgehead atoms. The smallest absolute Gasteiger partial charge is 0.340 e. The Morgan fingerprint density at radius 3 is 2.48 bits per heavy atom.